The van der Waals surface area contributed by atoms with E-state index in [1.165, 1.54) is 25.7 Å². The van der Waals surface area contributed by atoms with Gasteiger partial charge < -0.3 is 15.1 Å². The lowest BCUT2D eigenvalue weighted by atomic mass is 9.80. The smallest absolute Gasteiger partial charge is 0.191 e. The van der Waals surface area contributed by atoms with Gasteiger partial charge in [0.15, 0.2) is 5.96 Å². The van der Waals surface area contributed by atoms with E-state index in [0.29, 0.717) is 6.04 Å². The third kappa shape index (κ3) is 5.10. The summed E-state index contributed by atoms with van der Waals surface area (Å²) in [6, 6.07) is 4.50. The molecule has 0 unspecified atom stereocenters. The summed E-state index contributed by atoms with van der Waals surface area (Å²) in [4.78, 5) is 4.32. The monoisotopic (exact) mass is 291 g/mol. The molecule has 1 aliphatic rings. The molecule has 1 aromatic rings. The summed E-state index contributed by atoms with van der Waals surface area (Å²) < 4.78 is 5.33. The Kier molecular flexibility index (Phi) is 6.15. The minimum atomic E-state index is 0.565. The number of hydrogen-bond acceptors (Lipinski definition) is 2. The van der Waals surface area contributed by atoms with Crippen molar-refractivity contribution in [2.24, 2.45) is 16.8 Å². The zero-order chi connectivity index (χ0) is 15.1. The number of hydrogen-bond donors (Lipinski definition) is 2. The Balaban J connectivity index is 1.68. The van der Waals surface area contributed by atoms with Gasteiger partial charge in [0.2, 0.25) is 0 Å². The highest BCUT2D eigenvalue weighted by Gasteiger charge is 2.23. The molecular formula is C17H29N3O. The van der Waals surface area contributed by atoms with Crippen molar-refractivity contribution in [2.45, 2.75) is 52.0 Å². The fraction of sp³-hybridized carbons (Fsp3) is 0.706. The van der Waals surface area contributed by atoms with Gasteiger partial charge in [0.05, 0.1) is 6.26 Å². The second-order valence-electron chi connectivity index (χ2n) is 6.33. The van der Waals surface area contributed by atoms with Gasteiger partial charge in [-0.15, -0.1) is 0 Å². The van der Waals surface area contributed by atoms with Crippen LogP contribution in [0.4, 0.5) is 0 Å². The van der Waals surface area contributed by atoms with Gasteiger partial charge in [0.25, 0.3) is 0 Å². The van der Waals surface area contributed by atoms with Crippen molar-refractivity contribution < 1.29 is 4.42 Å². The Bertz CT molecular complexity index is 417. The molecule has 1 aromatic heterocycles. The maximum absolute atomic E-state index is 5.33. The molecule has 0 saturated heterocycles. The Morgan fingerprint density at radius 2 is 2.10 bits per heavy atom. The van der Waals surface area contributed by atoms with Crippen molar-refractivity contribution in [1.82, 2.24) is 10.6 Å². The fourth-order valence-electron chi connectivity index (χ4n) is 3.08. The summed E-state index contributed by atoms with van der Waals surface area (Å²) in [5.41, 5.74) is 0. The molecular weight excluding hydrogens is 262 g/mol. The summed E-state index contributed by atoms with van der Waals surface area (Å²) in [5, 5.41) is 6.92. The first-order valence-electron chi connectivity index (χ1n) is 8.18. The van der Waals surface area contributed by atoms with Crippen LogP contribution < -0.4 is 10.6 Å². The number of aliphatic imine (C=N–C) groups is 1. The molecule has 21 heavy (non-hydrogen) atoms. The first-order valence-corrected chi connectivity index (χ1v) is 8.18. The Morgan fingerprint density at radius 3 is 2.67 bits per heavy atom. The first kappa shape index (κ1) is 15.9. The molecule has 0 aliphatic heterocycles. The van der Waals surface area contributed by atoms with Crippen LogP contribution in [0, 0.1) is 11.8 Å². The third-order valence-electron chi connectivity index (χ3n) is 4.52. The lowest BCUT2D eigenvalue weighted by Crippen LogP contribution is -2.45. The van der Waals surface area contributed by atoms with Crippen molar-refractivity contribution in [3.05, 3.63) is 24.2 Å². The van der Waals surface area contributed by atoms with Crippen LogP contribution >= 0.6 is 0 Å². The Labute approximate surface area is 128 Å². The average Bonchev–Trinajstić information content (AvgIpc) is 3.00. The molecule has 1 aliphatic carbocycles. The number of nitrogens with zero attached hydrogens (tertiary/aromatic N) is 1. The topological polar surface area (TPSA) is 49.6 Å². The van der Waals surface area contributed by atoms with Crippen LogP contribution in [0.25, 0.3) is 0 Å². The molecule has 118 valence electrons. The molecule has 0 atom stereocenters. The predicted octanol–water partition coefficient (Wildman–Crippen LogP) is 3.20. The van der Waals surface area contributed by atoms with Crippen LogP contribution in [-0.4, -0.2) is 25.6 Å². The standard InChI is InChI=1S/C17H29N3O/c1-13(2)14-6-8-15(9-7-14)20-17(18-3)19-11-10-16-5-4-12-21-16/h4-5,12-15H,6-11H2,1-3H3,(H2,18,19,20). The zero-order valence-electron chi connectivity index (χ0n) is 13.6. The van der Waals surface area contributed by atoms with Crippen molar-refractivity contribution >= 4 is 5.96 Å². The SMILES string of the molecule is CN=C(NCCc1ccco1)NC1CCC(C(C)C)CC1. The van der Waals surface area contributed by atoms with Crippen molar-refractivity contribution in [3.8, 4) is 0 Å². The maximum Gasteiger partial charge on any atom is 0.191 e. The molecule has 1 heterocycles. The van der Waals surface area contributed by atoms with Gasteiger partial charge in [0.1, 0.15) is 5.76 Å². The Hall–Kier alpha value is -1.45. The third-order valence-corrected chi connectivity index (χ3v) is 4.52. The van der Waals surface area contributed by atoms with E-state index >= 15 is 0 Å². The van der Waals surface area contributed by atoms with Crippen molar-refractivity contribution in [2.75, 3.05) is 13.6 Å². The molecule has 0 spiro atoms. The Morgan fingerprint density at radius 1 is 1.33 bits per heavy atom. The molecule has 4 nitrogen and oxygen atoms in total. The molecule has 0 aromatic carbocycles. The number of furan rings is 1. The van der Waals surface area contributed by atoms with Gasteiger partial charge >= 0.3 is 0 Å². The summed E-state index contributed by atoms with van der Waals surface area (Å²) in [5.74, 6) is 3.64. The molecule has 1 fully saturated rings. The van der Waals surface area contributed by atoms with E-state index in [1.807, 2.05) is 19.2 Å². The highest BCUT2D eigenvalue weighted by atomic mass is 16.3. The molecule has 0 radical (unpaired) electrons. The lowest BCUT2D eigenvalue weighted by molar-refractivity contribution is 0.250. The quantitative estimate of drug-likeness (QED) is 0.647. The second kappa shape index (κ2) is 8.11. The van der Waals surface area contributed by atoms with E-state index < -0.39 is 0 Å². The van der Waals surface area contributed by atoms with Gasteiger partial charge in [-0.2, -0.15) is 0 Å². The van der Waals surface area contributed by atoms with Crippen LogP contribution in [0.3, 0.4) is 0 Å². The van der Waals surface area contributed by atoms with Crippen molar-refractivity contribution in [1.29, 1.82) is 0 Å². The van der Waals surface area contributed by atoms with E-state index in [2.05, 4.69) is 29.5 Å². The number of guanidine groups is 1. The van der Waals surface area contributed by atoms with E-state index in [0.717, 1.165) is 36.5 Å². The first-order chi connectivity index (χ1) is 10.2. The normalized spacial score (nSPS) is 23.3. The van der Waals surface area contributed by atoms with Crippen LogP contribution in [0.5, 0.6) is 0 Å². The van der Waals surface area contributed by atoms with Crippen molar-refractivity contribution in [3.63, 3.8) is 0 Å². The molecule has 0 amide bonds. The molecule has 4 heteroatoms. The largest absolute Gasteiger partial charge is 0.469 e. The maximum atomic E-state index is 5.33. The second-order valence-corrected chi connectivity index (χ2v) is 6.33. The van der Waals surface area contributed by atoms with Gasteiger partial charge in [-0.1, -0.05) is 13.8 Å². The number of nitrogens with one attached hydrogen (secondary N) is 2. The highest BCUT2D eigenvalue weighted by Crippen LogP contribution is 2.29. The van der Waals surface area contributed by atoms with Gasteiger partial charge in [-0.3, -0.25) is 4.99 Å². The fourth-order valence-corrected chi connectivity index (χ4v) is 3.08. The van der Waals surface area contributed by atoms with E-state index in [1.54, 1.807) is 6.26 Å². The molecule has 2 rings (SSSR count). The molecule has 2 N–H and O–H groups in total. The van der Waals surface area contributed by atoms with E-state index in [4.69, 9.17) is 4.42 Å². The summed E-state index contributed by atoms with van der Waals surface area (Å²) in [7, 11) is 1.84. The van der Waals surface area contributed by atoms with E-state index in [-0.39, 0.29) is 0 Å². The van der Waals surface area contributed by atoms with Crippen LogP contribution in [0.1, 0.15) is 45.3 Å². The zero-order valence-corrected chi connectivity index (χ0v) is 13.6. The van der Waals surface area contributed by atoms with Gasteiger partial charge in [0, 0.05) is 26.1 Å². The van der Waals surface area contributed by atoms with Crippen LogP contribution in [-0.2, 0) is 6.42 Å². The van der Waals surface area contributed by atoms with Crippen LogP contribution in [0.15, 0.2) is 27.8 Å². The minimum absolute atomic E-state index is 0.565. The summed E-state index contributed by atoms with van der Waals surface area (Å²) >= 11 is 0. The minimum Gasteiger partial charge on any atom is -0.469 e. The predicted molar refractivity (Wildman–Crippen MR) is 87.5 cm³/mol. The number of rotatable bonds is 5. The van der Waals surface area contributed by atoms with E-state index in [9.17, 15) is 0 Å². The molecule has 0 bridgehead atoms. The van der Waals surface area contributed by atoms with Gasteiger partial charge in [-0.25, -0.2) is 0 Å². The summed E-state index contributed by atoms with van der Waals surface area (Å²) in [6.07, 6.45) is 7.77. The summed E-state index contributed by atoms with van der Waals surface area (Å²) in [6.45, 7) is 5.52. The molecule has 1 saturated carbocycles. The highest BCUT2D eigenvalue weighted by molar-refractivity contribution is 5.79. The average molecular weight is 291 g/mol. The van der Waals surface area contributed by atoms with Crippen LogP contribution in [0.2, 0.25) is 0 Å². The lowest BCUT2D eigenvalue weighted by Gasteiger charge is -2.32. The van der Waals surface area contributed by atoms with Gasteiger partial charge in [-0.05, 0) is 49.7 Å².